The van der Waals surface area contributed by atoms with Gasteiger partial charge in [0.05, 0.1) is 12.7 Å². The van der Waals surface area contributed by atoms with E-state index in [1.54, 1.807) is 7.11 Å². The van der Waals surface area contributed by atoms with Crippen molar-refractivity contribution in [3.05, 3.63) is 28.2 Å². The summed E-state index contributed by atoms with van der Waals surface area (Å²) in [4.78, 5) is 2.30. The third-order valence-electron chi connectivity index (χ3n) is 4.13. The van der Waals surface area contributed by atoms with Gasteiger partial charge in [-0.1, -0.05) is 15.9 Å². The summed E-state index contributed by atoms with van der Waals surface area (Å²) in [7, 11) is 3.78. The Hall–Kier alpha value is -0.580. The van der Waals surface area contributed by atoms with Gasteiger partial charge in [-0.25, -0.2) is 0 Å². The Kier molecular flexibility index (Phi) is 4.54. The molecule has 106 valence electrons. The molecule has 1 fully saturated rings. The molecule has 1 aromatic rings. The van der Waals surface area contributed by atoms with Crippen LogP contribution in [0, 0.1) is 0 Å². The molecule has 2 atom stereocenters. The molecule has 0 saturated carbocycles. The molecule has 1 saturated heterocycles. The highest BCUT2D eigenvalue weighted by molar-refractivity contribution is 9.10. The van der Waals surface area contributed by atoms with Gasteiger partial charge in [0.2, 0.25) is 0 Å². The molecule has 2 unspecified atom stereocenters. The maximum atomic E-state index is 10.8. The van der Waals surface area contributed by atoms with Crippen molar-refractivity contribution in [2.24, 2.45) is 0 Å². The van der Waals surface area contributed by atoms with E-state index in [0.29, 0.717) is 12.5 Å². The van der Waals surface area contributed by atoms with Crippen LogP contribution in [0.2, 0.25) is 0 Å². The van der Waals surface area contributed by atoms with E-state index in [4.69, 9.17) is 4.74 Å². The van der Waals surface area contributed by atoms with Gasteiger partial charge < -0.3 is 14.7 Å². The van der Waals surface area contributed by atoms with Crippen LogP contribution in [0.5, 0.6) is 5.75 Å². The summed E-state index contributed by atoms with van der Waals surface area (Å²) >= 11 is 3.56. The molecule has 1 N–H and O–H groups in total. The Morgan fingerprint density at radius 1 is 1.53 bits per heavy atom. The van der Waals surface area contributed by atoms with Crippen LogP contribution < -0.4 is 4.74 Å². The predicted octanol–water partition coefficient (Wildman–Crippen LogP) is 2.85. The molecule has 1 aliphatic heterocycles. The van der Waals surface area contributed by atoms with E-state index in [9.17, 15) is 5.11 Å². The van der Waals surface area contributed by atoms with Crippen molar-refractivity contribution >= 4 is 15.9 Å². The number of rotatable bonds is 3. The Bertz CT molecular complexity index is 452. The van der Waals surface area contributed by atoms with Crippen LogP contribution in [0.25, 0.3) is 0 Å². The number of piperidine rings is 1. The van der Waals surface area contributed by atoms with Crippen LogP contribution in [0.15, 0.2) is 22.7 Å². The minimum absolute atomic E-state index is 0.420. The molecule has 0 aliphatic carbocycles. The largest absolute Gasteiger partial charge is 0.497 e. The van der Waals surface area contributed by atoms with E-state index in [1.807, 2.05) is 18.2 Å². The van der Waals surface area contributed by atoms with E-state index in [-0.39, 0.29) is 0 Å². The minimum Gasteiger partial charge on any atom is -0.497 e. The van der Waals surface area contributed by atoms with Crippen LogP contribution in [0.3, 0.4) is 0 Å². The van der Waals surface area contributed by atoms with E-state index in [2.05, 4.69) is 34.8 Å². The van der Waals surface area contributed by atoms with Gasteiger partial charge in [-0.15, -0.1) is 0 Å². The molecular formula is C15H22BrNO2. The maximum Gasteiger partial charge on any atom is 0.119 e. The highest BCUT2D eigenvalue weighted by Crippen LogP contribution is 2.33. The van der Waals surface area contributed by atoms with Gasteiger partial charge in [0.15, 0.2) is 0 Å². The van der Waals surface area contributed by atoms with Crippen molar-refractivity contribution in [3.8, 4) is 5.75 Å². The Labute approximate surface area is 123 Å². The monoisotopic (exact) mass is 327 g/mol. The smallest absolute Gasteiger partial charge is 0.119 e. The third-order valence-corrected chi connectivity index (χ3v) is 4.90. The molecule has 0 amide bonds. The van der Waals surface area contributed by atoms with E-state index >= 15 is 0 Å². The summed E-state index contributed by atoms with van der Waals surface area (Å²) in [5, 5.41) is 10.8. The Morgan fingerprint density at radius 2 is 2.26 bits per heavy atom. The number of methoxy groups -OCH3 is 1. The van der Waals surface area contributed by atoms with Gasteiger partial charge >= 0.3 is 0 Å². The van der Waals surface area contributed by atoms with Gasteiger partial charge in [0, 0.05) is 23.5 Å². The molecule has 4 heteroatoms. The lowest BCUT2D eigenvalue weighted by Crippen LogP contribution is -2.48. The van der Waals surface area contributed by atoms with Crippen molar-refractivity contribution < 1.29 is 9.84 Å². The van der Waals surface area contributed by atoms with E-state index < -0.39 is 5.60 Å². The summed E-state index contributed by atoms with van der Waals surface area (Å²) < 4.78 is 6.29. The molecule has 0 aromatic heterocycles. The SMILES string of the molecule is COc1ccc(Br)c(CC2(O)CCN(C)C(C)C2)c1. The first-order valence-corrected chi connectivity index (χ1v) is 7.48. The summed E-state index contributed by atoms with van der Waals surface area (Å²) in [6.45, 7) is 3.12. The fraction of sp³-hybridized carbons (Fsp3) is 0.600. The summed E-state index contributed by atoms with van der Waals surface area (Å²) in [5.74, 6) is 0.836. The van der Waals surface area contributed by atoms with Crippen LogP contribution in [-0.2, 0) is 6.42 Å². The Balaban J connectivity index is 2.16. The average Bonchev–Trinajstić information content (AvgIpc) is 2.37. The first-order chi connectivity index (χ1) is 8.93. The predicted molar refractivity (Wildman–Crippen MR) is 80.7 cm³/mol. The number of benzene rings is 1. The van der Waals surface area contributed by atoms with Crippen molar-refractivity contribution in [1.29, 1.82) is 0 Å². The molecule has 0 bridgehead atoms. The third kappa shape index (κ3) is 3.50. The second-order valence-corrected chi connectivity index (χ2v) is 6.50. The normalized spacial score (nSPS) is 28.4. The highest BCUT2D eigenvalue weighted by Gasteiger charge is 2.35. The number of hydrogen-bond donors (Lipinski definition) is 1. The van der Waals surface area contributed by atoms with Gasteiger partial charge in [-0.3, -0.25) is 0 Å². The molecule has 19 heavy (non-hydrogen) atoms. The topological polar surface area (TPSA) is 32.7 Å². The Morgan fingerprint density at radius 3 is 2.89 bits per heavy atom. The lowest BCUT2D eigenvalue weighted by Gasteiger charge is -2.41. The van der Waals surface area contributed by atoms with Crippen LogP contribution in [0.4, 0.5) is 0 Å². The van der Waals surface area contributed by atoms with Crippen molar-refractivity contribution in [1.82, 2.24) is 4.90 Å². The number of hydrogen-bond acceptors (Lipinski definition) is 3. The van der Waals surface area contributed by atoms with Crippen molar-refractivity contribution in [2.75, 3.05) is 20.7 Å². The van der Waals surface area contributed by atoms with Gasteiger partial charge in [0.1, 0.15) is 5.75 Å². The standard InChI is InChI=1S/C15H22BrNO2/c1-11-9-15(18,6-7-17(11)2)10-12-8-13(19-3)4-5-14(12)16/h4-5,8,11,18H,6-7,9-10H2,1-3H3. The van der Waals surface area contributed by atoms with Gasteiger partial charge in [0.25, 0.3) is 0 Å². The highest BCUT2D eigenvalue weighted by atomic mass is 79.9. The molecule has 3 nitrogen and oxygen atoms in total. The first kappa shape index (κ1) is 14.8. The summed E-state index contributed by atoms with van der Waals surface area (Å²) in [5.41, 5.74) is 0.500. The summed E-state index contributed by atoms with van der Waals surface area (Å²) in [6, 6.07) is 6.33. The van der Waals surface area contributed by atoms with Crippen LogP contribution >= 0.6 is 15.9 Å². The number of ether oxygens (including phenoxy) is 1. The number of halogens is 1. The number of likely N-dealkylation sites (tertiary alicyclic amines) is 1. The van der Waals surface area contributed by atoms with E-state index in [0.717, 1.165) is 35.2 Å². The fourth-order valence-corrected chi connectivity index (χ4v) is 3.13. The van der Waals surface area contributed by atoms with Crippen LogP contribution in [-0.4, -0.2) is 42.4 Å². The second kappa shape index (κ2) is 5.81. The molecule has 0 spiro atoms. The quantitative estimate of drug-likeness (QED) is 0.926. The zero-order valence-corrected chi connectivity index (χ0v) is 13.4. The zero-order valence-electron chi connectivity index (χ0n) is 11.8. The molecule has 2 rings (SSSR count). The molecule has 1 aliphatic rings. The molecule has 1 heterocycles. The number of nitrogens with zero attached hydrogens (tertiary/aromatic N) is 1. The summed E-state index contributed by atoms with van der Waals surface area (Å²) in [6.07, 6.45) is 2.30. The van der Waals surface area contributed by atoms with Crippen LogP contribution in [0.1, 0.15) is 25.3 Å². The van der Waals surface area contributed by atoms with Crippen molar-refractivity contribution in [2.45, 2.75) is 37.8 Å². The van der Waals surface area contributed by atoms with E-state index in [1.165, 1.54) is 0 Å². The lowest BCUT2D eigenvalue weighted by atomic mass is 9.82. The maximum absolute atomic E-state index is 10.8. The fourth-order valence-electron chi connectivity index (χ4n) is 2.74. The average molecular weight is 328 g/mol. The van der Waals surface area contributed by atoms with Gasteiger partial charge in [-0.2, -0.15) is 0 Å². The molecular weight excluding hydrogens is 306 g/mol. The molecule has 0 radical (unpaired) electrons. The van der Waals surface area contributed by atoms with Gasteiger partial charge in [-0.05, 0) is 50.6 Å². The molecule has 1 aromatic carbocycles. The first-order valence-electron chi connectivity index (χ1n) is 6.68. The number of aliphatic hydroxyl groups is 1. The minimum atomic E-state index is -0.610. The lowest BCUT2D eigenvalue weighted by molar-refractivity contribution is -0.0354. The van der Waals surface area contributed by atoms with Crippen molar-refractivity contribution in [3.63, 3.8) is 0 Å². The zero-order chi connectivity index (χ0) is 14.0. The second-order valence-electron chi connectivity index (χ2n) is 5.64.